The van der Waals surface area contributed by atoms with Crippen LogP contribution in [0.2, 0.25) is 6.82 Å². The summed E-state index contributed by atoms with van der Waals surface area (Å²) in [5, 5.41) is 10.7. The lowest BCUT2D eigenvalue weighted by molar-refractivity contribution is -0.385. The van der Waals surface area contributed by atoms with Crippen molar-refractivity contribution in [2.75, 3.05) is 7.11 Å². The number of nitro benzene ring substituents is 1. The molecule has 77 valence electrons. The molecule has 0 aliphatic heterocycles. The number of nitrogens with zero attached hydrogens (tertiary/aromatic N) is 1. The Morgan fingerprint density at radius 2 is 2.20 bits per heavy atom. The van der Waals surface area contributed by atoms with E-state index in [1.807, 2.05) is 0 Å². The molecule has 0 fully saturated rings. The lowest BCUT2D eigenvalue weighted by Gasteiger charge is -2.02. The van der Waals surface area contributed by atoms with Gasteiger partial charge in [0.15, 0.2) is 0 Å². The minimum absolute atomic E-state index is 0.0342. The van der Waals surface area contributed by atoms with E-state index in [1.165, 1.54) is 19.2 Å². The van der Waals surface area contributed by atoms with Gasteiger partial charge in [-0.05, 0) is 6.07 Å². The first-order valence-electron chi connectivity index (χ1n) is 4.26. The van der Waals surface area contributed by atoms with Gasteiger partial charge in [-0.3, -0.25) is 10.1 Å². The fourth-order valence-electron chi connectivity index (χ4n) is 1.16. The molecule has 0 atom stereocenters. The zero-order valence-corrected chi connectivity index (χ0v) is 8.39. The highest BCUT2D eigenvalue weighted by molar-refractivity contribution is 6.52. The summed E-state index contributed by atoms with van der Waals surface area (Å²) in [6.07, 6.45) is 0. The van der Waals surface area contributed by atoms with E-state index in [1.54, 1.807) is 20.2 Å². The average molecular weight is 206 g/mol. The number of hydrogen-bond acceptors (Lipinski definition) is 4. The minimum atomic E-state index is -0.704. The molecular formula is C9H9BNO4. The van der Waals surface area contributed by atoms with Crippen LogP contribution in [0.5, 0.6) is 0 Å². The first-order chi connectivity index (χ1) is 7.10. The van der Waals surface area contributed by atoms with Crippen molar-refractivity contribution in [3.8, 4) is 0 Å². The number of carbonyl (C=O) groups excluding carboxylic acids is 1. The van der Waals surface area contributed by atoms with Crippen LogP contribution in [0.25, 0.3) is 0 Å². The molecule has 0 aliphatic carbocycles. The Hall–Kier alpha value is -1.85. The molecule has 0 saturated heterocycles. The molecule has 15 heavy (non-hydrogen) atoms. The van der Waals surface area contributed by atoms with Gasteiger partial charge < -0.3 is 4.74 Å². The van der Waals surface area contributed by atoms with Crippen LogP contribution >= 0.6 is 0 Å². The topological polar surface area (TPSA) is 69.4 Å². The normalized spacial score (nSPS) is 9.47. The van der Waals surface area contributed by atoms with Crippen molar-refractivity contribution in [3.63, 3.8) is 0 Å². The van der Waals surface area contributed by atoms with E-state index >= 15 is 0 Å². The van der Waals surface area contributed by atoms with Crippen molar-refractivity contribution in [1.82, 2.24) is 0 Å². The number of nitro groups is 1. The fourth-order valence-corrected chi connectivity index (χ4v) is 1.16. The first-order valence-corrected chi connectivity index (χ1v) is 4.26. The lowest BCUT2D eigenvalue weighted by atomic mass is 9.73. The Morgan fingerprint density at radius 1 is 1.53 bits per heavy atom. The molecule has 1 rings (SSSR count). The first kappa shape index (κ1) is 11.2. The van der Waals surface area contributed by atoms with Crippen molar-refractivity contribution in [2.24, 2.45) is 0 Å². The van der Waals surface area contributed by atoms with E-state index in [9.17, 15) is 14.9 Å². The van der Waals surface area contributed by atoms with E-state index in [0.717, 1.165) is 0 Å². The highest BCUT2D eigenvalue weighted by Gasteiger charge is 2.20. The number of hydrogen-bond donors (Lipinski definition) is 0. The van der Waals surface area contributed by atoms with Crippen molar-refractivity contribution >= 4 is 24.4 Å². The van der Waals surface area contributed by atoms with Gasteiger partial charge in [-0.15, -0.1) is 0 Å². The SMILES string of the molecule is C[B]c1ccc(C(=O)OC)c([N+](=O)[O-])c1. The molecule has 0 spiro atoms. The van der Waals surface area contributed by atoms with Crippen LogP contribution in [0.3, 0.4) is 0 Å². The summed E-state index contributed by atoms with van der Waals surface area (Å²) in [6.45, 7) is 1.76. The van der Waals surface area contributed by atoms with Crippen molar-refractivity contribution < 1.29 is 14.5 Å². The molecule has 0 N–H and O–H groups in total. The number of carbonyl (C=O) groups is 1. The number of esters is 1. The summed E-state index contributed by atoms with van der Waals surface area (Å²) in [5.74, 6) is -0.704. The number of benzene rings is 1. The van der Waals surface area contributed by atoms with Crippen LogP contribution < -0.4 is 5.46 Å². The van der Waals surface area contributed by atoms with Gasteiger partial charge in [0.2, 0.25) is 0 Å². The summed E-state index contributed by atoms with van der Waals surface area (Å²) in [6, 6.07) is 4.35. The third-order valence-corrected chi connectivity index (χ3v) is 1.96. The second-order valence-corrected chi connectivity index (χ2v) is 2.81. The summed E-state index contributed by atoms with van der Waals surface area (Å²) < 4.78 is 4.45. The van der Waals surface area contributed by atoms with Crippen LogP contribution in [0.4, 0.5) is 5.69 Å². The van der Waals surface area contributed by atoms with Gasteiger partial charge in [0, 0.05) is 6.07 Å². The summed E-state index contributed by atoms with van der Waals surface area (Å²) in [5.41, 5.74) is 0.417. The second kappa shape index (κ2) is 4.59. The van der Waals surface area contributed by atoms with E-state index < -0.39 is 10.9 Å². The third-order valence-electron chi connectivity index (χ3n) is 1.96. The zero-order valence-electron chi connectivity index (χ0n) is 8.39. The van der Waals surface area contributed by atoms with E-state index in [0.29, 0.717) is 5.46 Å². The Kier molecular flexibility index (Phi) is 3.44. The van der Waals surface area contributed by atoms with Crippen LogP contribution in [0.15, 0.2) is 18.2 Å². The smallest absolute Gasteiger partial charge is 0.344 e. The highest BCUT2D eigenvalue weighted by atomic mass is 16.6. The number of rotatable bonds is 3. The second-order valence-electron chi connectivity index (χ2n) is 2.81. The molecule has 0 saturated carbocycles. The lowest BCUT2D eigenvalue weighted by Crippen LogP contribution is -2.14. The number of ether oxygens (including phenoxy) is 1. The van der Waals surface area contributed by atoms with Gasteiger partial charge in [0.05, 0.1) is 12.0 Å². The molecule has 0 aliphatic rings. The van der Waals surface area contributed by atoms with Gasteiger partial charge in [-0.25, -0.2) is 4.79 Å². The molecule has 0 heterocycles. The number of methoxy groups -OCH3 is 1. The monoisotopic (exact) mass is 206 g/mol. The van der Waals surface area contributed by atoms with Crippen molar-refractivity contribution in [3.05, 3.63) is 33.9 Å². The maximum absolute atomic E-state index is 11.2. The quantitative estimate of drug-likeness (QED) is 0.316. The van der Waals surface area contributed by atoms with Crippen molar-refractivity contribution in [2.45, 2.75) is 6.82 Å². The molecule has 0 bridgehead atoms. The molecule has 0 aromatic heterocycles. The molecule has 6 heteroatoms. The van der Waals surface area contributed by atoms with Gasteiger partial charge in [-0.1, -0.05) is 18.4 Å². The summed E-state index contributed by atoms with van der Waals surface area (Å²) >= 11 is 0. The Bertz CT molecular complexity index is 405. The van der Waals surface area contributed by atoms with E-state index in [2.05, 4.69) is 4.74 Å². The maximum Gasteiger partial charge on any atom is 0.344 e. The molecule has 1 aromatic carbocycles. The van der Waals surface area contributed by atoms with Gasteiger partial charge in [-0.2, -0.15) is 0 Å². The Labute approximate surface area is 87.4 Å². The minimum Gasteiger partial charge on any atom is -0.465 e. The molecule has 0 amide bonds. The van der Waals surface area contributed by atoms with E-state index in [-0.39, 0.29) is 11.3 Å². The summed E-state index contributed by atoms with van der Waals surface area (Å²) in [7, 11) is 2.90. The highest BCUT2D eigenvalue weighted by Crippen LogP contribution is 2.17. The molecular weight excluding hydrogens is 197 g/mol. The zero-order chi connectivity index (χ0) is 11.4. The van der Waals surface area contributed by atoms with Crippen LogP contribution in [-0.4, -0.2) is 25.3 Å². The fraction of sp³-hybridized carbons (Fsp3) is 0.222. The molecule has 1 aromatic rings. The van der Waals surface area contributed by atoms with Crippen molar-refractivity contribution in [1.29, 1.82) is 0 Å². The maximum atomic E-state index is 11.2. The summed E-state index contributed by atoms with van der Waals surface area (Å²) in [4.78, 5) is 21.3. The average Bonchev–Trinajstić information content (AvgIpc) is 2.27. The molecule has 1 radical (unpaired) electrons. The molecule has 5 nitrogen and oxygen atoms in total. The van der Waals surface area contributed by atoms with Crippen LogP contribution in [-0.2, 0) is 4.74 Å². The van der Waals surface area contributed by atoms with Gasteiger partial charge >= 0.3 is 5.97 Å². The van der Waals surface area contributed by atoms with Crippen LogP contribution in [0, 0.1) is 10.1 Å². The van der Waals surface area contributed by atoms with Gasteiger partial charge in [0.1, 0.15) is 12.8 Å². The molecule has 0 unspecified atom stereocenters. The largest absolute Gasteiger partial charge is 0.465 e. The predicted molar refractivity (Wildman–Crippen MR) is 55.7 cm³/mol. The van der Waals surface area contributed by atoms with Gasteiger partial charge in [0.25, 0.3) is 5.69 Å². The van der Waals surface area contributed by atoms with E-state index in [4.69, 9.17) is 0 Å². The predicted octanol–water partition coefficient (Wildman–Crippen LogP) is 0.759. The third kappa shape index (κ3) is 2.34. The standard InChI is InChI=1S/C9H9BNO4/c1-10-6-3-4-7(9(12)15-2)8(5-6)11(13)14/h3-5H,1-2H3. The Morgan fingerprint density at radius 3 is 2.67 bits per heavy atom. The van der Waals surface area contributed by atoms with Crippen LogP contribution in [0.1, 0.15) is 10.4 Å². The Balaban J connectivity index is 3.27.